The lowest BCUT2D eigenvalue weighted by atomic mass is 9.94. The minimum absolute atomic E-state index is 0.0727. The highest BCUT2D eigenvalue weighted by Crippen LogP contribution is 2.19. The number of hydrogen-bond acceptors (Lipinski definition) is 4. The molecule has 1 aromatic carbocycles. The van der Waals surface area contributed by atoms with Crippen molar-refractivity contribution >= 4 is 16.0 Å². The van der Waals surface area contributed by atoms with Crippen LogP contribution in [-0.2, 0) is 15.8 Å². The number of nitrogens with one attached hydrogen (secondary N) is 1. The van der Waals surface area contributed by atoms with Gasteiger partial charge in [-0.1, -0.05) is 12.1 Å². The van der Waals surface area contributed by atoms with Crippen LogP contribution in [0.5, 0.6) is 0 Å². The molecule has 0 amide bonds. The van der Waals surface area contributed by atoms with Gasteiger partial charge < -0.3 is 10.2 Å². The van der Waals surface area contributed by atoms with Crippen LogP contribution in [0.15, 0.2) is 24.3 Å². The van der Waals surface area contributed by atoms with Gasteiger partial charge in [0.05, 0.1) is 17.4 Å². The number of carbonyl (C=O) groups is 1. The highest BCUT2D eigenvalue weighted by molar-refractivity contribution is 7.88. The minimum atomic E-state index is -3.52. The van der Waals surface area contributed by atoms with Crippen molar-refractivity contribution < 1.29 is 23.4 Å². The van der Waals surface area contributed by atoms with Gasteiger partial charge in [0.15, 0.2) is 0 Å². The molecule has 0 radical (unpaired) electrons. The fraction of sp³-hybridized carbons (Fsp3) is 0.500. The number of aliphatic hydroxyl groups excluding tert-OH is 1. The first kappa shape index (κ1) is 15.9. The molecule has 0 aliphatic heterocycles. The molecule has 0 unspecified atom stereocenters. The molecule has 3 N–H and O–H groups in total. The summed E-state index contributed by atoms with van der Waals surface area (Å²) in [6.45, 7) is 0. The average molecular weight is 313 g/mol. The van der Waals surface area contributed by atoms with Crippen molar-refractivity contribution in [1.29, 1.82) is 0 Å². The van der Waals surface area contributed by atoms with E-state index in [1.165, 1.54) is 18.2 Å². The molecule has 21 heavy (non-hydrogen) atoms. The van der Waals surface area contributed by atoms with Gasteiger partial charge in [0.2, 0.25) is 10.0 Å². The van der Waals surface area contributed by atoms with Crippen LogP contribution in [0, 0.1) is 0 Å². The van der Waals surface area contributed by atoms with E-state index in [1.54, 1.807) is 6.07 Å². The van der Waals surface area contributed by atoms with Gasteiger partial charge in [-0.3, -0.25) is 0 Å². The summed E-state index contributed by atoms with van der Waals surface area (Å²) in [5.41, 5.74) is 0.515. The van der Waals surface area contributed by atoms with Crippen molar-refractivity contribution in [1.82, 2.24) is 4.72 Å². The van der Waals surface area contributed by atoms with Crippen molar-refractivity contribution in [3.8, 4) is 0 Å². The maximum absolute atomic E-state index is 12.1. The molecule has 1 saturated carbocycles. The Hall–Kier alpha value is -1.44. The van der Waals surface area contributed by atoms with E-state index in [1.807, 2.05) is 0 Å². The molecule has 0 heterocycles. The summed E-state index contributed by atoms with van der Waals surface area (Å²) in [5, 5.41) is 18.3. The second-order valence-corrected chi connectivity index (χ2v) is 7.14. The number of carboxylic acids is 1. The predicted molar refractivity (Wildman–Crippen MR) is 77.4 cm³/mol. The number of carboxylic acid groups (broad SMARTS) is 1. The standard InChI is InChI=1S/C14H19NO5S/c16-13-6-4-12(5-7-13)15-21(19,20)9-10-2-1-3-11(8-10)14(17)18/h1-3,8,12-13,15-16H,4-7,9H2,(H,17,18). The number of benzene rings is 1. The average Bonchev–Trinajstić information content (AvgIpc) is 2.41. The molecule has 0 bridgehead atoms. The summed E-state index contributed by atoms with van der Waals surface area (Å²) in [6.07, 6.45) is 2.10. The smallest absolute Gasteiger partial charge is 0.335 e. The first-order valence-electron chi connectivity index (χ1n) is 6.86. The van der Waals surface area contributed by atoms with Crippen LogP contribution in [0.2, 0.25) is 0 Å². The van der Waals surface area contributed by atoms with Crippen LogP contribution >= 0.6 is 0 Å². The third-order valence-corrected chi connectivity index (χ3v) is 4.98. The Kier molecular flexibility index (Phi) is 4.97. The zero-order valence-corrected chi connectivity index (χ0v) is 12.3. The summed E-state index contributed by atoms with van der Waals surface area (Å²) in [4.78, 5) is 10.9. The van der Waals surface area contributed by atoms with E-state index in [9.17, 15) is 18.3 Å². The van der Waals surface area contributed by atoms with E-state index in [4.69, 9.17) is 5.11 Å². The fourth-order valence-electron chi connectivity index (χ4n) is 2.50. The van der Waals surface area contributed by atoms with Crippen LogP contribution in [0.25, 0.3) is 0 Å². The van der Waals surface area contributed by atoms with Crippen LogP contribution < -0.4 is 4.72 Å². The number of hydrogen-bond donors (Lipinski definition) is 3. The molecule has 0 saturated heterocycles. The van der Waals surface area contributed by atoms with Crippen LogP contribution in [0.4, 0.5) is 0 Å². The highest BCUT2D eigenvalue weighted by atomic mass is 32.2. The molecule has 0 atom stereocenters. The maximum atomic E-state index is 12.1. The van der Waals surface area contributed by atoms with Gasteiger partial charge in [0, 0.05) is 6.04 Å². The second kappa shape index (κ2) is 6.55. The Morgan fingerprint density at radius 2 is 1.90 bits per heavy atom. The van der Waals surface area contributed by atoms with Gasteiger partial charge in [-0.2, -0.15) is 0 Å². The van der Waals surface area contributed by atoms with Crippen molar-refractivity contribution in [2.24, 2.45) is 0 Å². The second-order valence-electron chi connectivity index (χ2n) is 5.39. The SMILES string of the molecule is O=C(O)c1cccc(CS(=O)(=O)NC2CCC(O)CC2)c1. The van der Waals surface area contributed by atoms with E-state index >= 15 is 0 Å². The van der Waals surface area contributed by atoms with Crippen LogP contribution in [0.3, 0.4) is 0 Å². The van der Waals surface area contributed by atoms with Crippen molar-refractivity contribution in [3.05, 3.63) is 35.4 Å². The first-order valence-corrected chi connectivity index (χ1v) is 8.51. The topological polar surface area (TPSA) is 104 Å². The van der Waals surface area contributed by atoms with E-state index < -0.39 is 16.0 Å². The van der Waals surface area contributed by atoms with E-state index in [2.05, 4.69) is 4.72 Å². The molecule has 1 fully saturated rings. The molecule has 1 aromatic rings. The number of aromatic carboxylic acids is 1. The van der Waals surface area contributed by atoms with E-state index in [-0.39, 0.29) is 23.5 Å². The monoisotopic (exact) mass is 313 g/mol. The lowest BCUT2D eigenvalue weighted by molar-refractivity contribution is 0.0696. The quantitative estimate of drug-likeness (QED) is 0.755. The van der Waals surface area contributed by atoms with Crippen LogP contribution in [-0.4, -0.2) is 36.7 Å². The van der Waals surface area contributed by atoms with Crippen molar-refractivity contribution in [2.45, 2.75) is 43.6 Å². The number of aliphatic hydroxyl groups is 1. The summed E-state index contributed by atoms with van der Waals surface area (Å²) in [5.74, 6) is -1.32. The molecular formula is C14H19NO5S. The molecule has 6 nitrogen and oxygen atoms in total. The van der Waals surface area contributed by atoms with E-state index in [0.717, 1.165) is 0 Å². The van der Waals surface area contributed by atoms with Gasteiger partial charge in [0.1, 0.15) is 0 Å². The van der Waals surface area contributed by atoms with E-state index in [0.29, 0.717) is 31.2 Å². The molecule has 1 aliphatic rings. The van der Waals surface area contributed by atoms with Crippen molar-refractivity contribution in [3.63, 3.8) is 0 Å². The van der Waals surface area contributed by atoms with Gasteiger partial charge in [0.25, 0.3) is 0 Å². The number of rotatable bonds is 5. The summed E-state index contributed by atoms with van der Waals surface area (Å²) in [6, 6.07) is 5.77. The lowest BCUT2D eigenvalue weighted by Gasteiger charge is -2.26. The van der Waals surface area contributed by atoms with Crippen LogP contribution in [0.1, 0.15) is 41.6 Å². The zero-order valence-electron chi connectivity index (χ0n) is 11.5. The maximum Gasteiger partial charge on any atom is 0.335 e. The molecule has 0 aromatic heterocycles. The minimum Gasteiger partial charge on any atom is -0.478 e. The summed E-state index contributed by atoms with van der Waals surface area (Å²) < 4.78 is 26.8. The largest absolute Gasteiger partial charge is 0.478 e. The third kappa shape index (κ3) is 4.80. The lowest BCUT2D eigenvalue weighted by Crippen LogP contribution is -2.39. The molecule has 7 heteroatoms. The Labute approximate surface area is 123 Å². The predicted octanol–water partition coefficient (Wildman–Crippen LogP) is 1.11. The Morgan fingerprint density at radius 3 is 2.52 bits per heavy atom. The molecule has 0 spiro atoms. The molecule has 116 valence electrons. The Balaban J connectivity index is 2.00. The summed E-state index contributed by atoms with van der Waals surface area (Å²) in [7, 11) is -3.52. The van der Waals surface area contributed by atoms with Gasteiger partial charge in [-0.05, 0) is 43.4 Å². The first-order chi connectivity index (χ1) is 9.85. The molecule has 2 rings (SSSR count). The zero-order chi connectivity index (χ0) is 15.5. The number of sulfonamides is 1. The third-order valence-electron chi connectivity index (χ3n) is 3.57. The van der Waals surface area contributed by atoms with Crippen molar-refractivity contribution in [2.75, 3.05) is 0 Å². The van der Waals surface area contributed by atoms with Gasteiger partial charge in [-0.15, -0.1) is 0 Å². The highest BCUT2D eigenvalue weighted by Gasteiger charge is 2.24. The normalized spacial score (nSPS) is 22.9. The fourth-order valence-corrected chi connectivity index (χ4v) is 3.95. The molecular weight excluding hydrogens is 294 g/mol. The Morgan fingerprint density at radius 1 is 1.24 bits per heavy atom. The Bertz CT molecular complexity index is 606. The van der Waals surface area contributed by atoms with Gasteiger partial charge in [-0.25, -0.2) is 17.9 Å². The summed E-state index contributed by atoms with van der Waals surface area (Å²) >= 11 is 0. The van der Waals surface area contributed by atoms with Gasteiger partial charge >= 0.3 is 5.97 Å². The molecule has 1 aliphatic carbocycles.